The van der Waals surface area contributed by atoms with E-state index in [2.05, 4.69) is 27.7 Å². The average Bonchev–Trinajstić information content (AvgIpc) is 3.15. The van der Waals surface area contributed by atoms with Crippen LogP contribution >= 0.6 is 11.8 Å². The molecule has 132 valence electrons. The molecular formula is C18H16FN5OS. The fourth-order valence-corrected chi connectivity index (χ4v) is 3.73. The number of nitrogens with zero attached hydrogens (tertiary/aromatic N) is 5. The quantitative estimate of drug-likeness (QED) is 0.661. The molecule has 0 saturated carbocycles. The van der Waals surface area contributed by atoms with Crippen molar-refractivity contribution >= 4 is 17.7 Å². The Morgan fingerprint density at radius 3 is 2.69 bits per heavy atom. The molecule has 8 heteroatoms. The van der Waals surface area contributed by atoms with Crippen LogP contribution < -0.4 is 0 Å². The topological polar surface area (TPSA) is 63.9 Å². The number of carbonyl (C=O) groups is 1. The SMILES string of the molecule is O=C(CSc1nnnn1-c1ccc(F)cc1)N1CCc2ccccc2C1. The second-order valence-corrected chi connectivity index (χ2v) is 6.91. The molecular weight excluding hydrogens is 353 g/mol. The standard InChI is InChI=1S/C18H16FN5OS/c19-15-5-7-16(8-6-15)24-18(20-21-22-24)26-12-17(25)23-10-9-13-3-1-2-4-14(13)11-23/h1-8H,9-12H2. The summed E-state index contributed by atoms with van der Waals surface area (Å²) in [6, 6.07) is 14.1. The Bertz CT molecular complexity index is 927. The zero-order valence-corrected chi connectivity index (χ0v) is 14.7. The van der Waals surface area contributed by atoms with Gasteiger partial charge in [-0.1, -0.05) is 36.0 Å². The van der Waals surface area contributed by atoms with Crippen molar-refractivity contribution in [3.63, 3.8) is 0 Å². The molecule has 0 unspecified atom stereocenters. The summed E-state index contributed by atoms with van der Waals surface area (Å²) in [7, 11) is 0. The van der Waals surface area contributed by atoms with Crippen LogP contribution in [0, 0.1) is 5.82 Å². The number of carbonyl (C=O) groups excluding carboxylic acids is 1. The van der Waals surface area contributed by atoms with Gasteiger partial charge in [0.1, 0.15) is 5.82 Å². The van der Waals surface area contributed by atoms with Gasteiger partial charge in [-0.15, -0.1) is 5.10 Å². The minimum Gasteiger partial charge on any atom is -0.337 e. The molecule has 3 aromatic rings. The van der Waals surface area contributed by atoms with Gasteiger partial charge in [-0.05, 0) is 52.2 Å². The highest BCUT2D eigenvalue weighted by Crippen LogP contribution is 2.22. The molecule has 0 N–H and O–H groups in total. The van der Waals surface area contributed by atoms with E-state index in [1.54, 1.807) is 12.1 Å². The van der Waals surface area contributed by atoms with Gasteiger partial charge in [0.15, 0.2) is 0 Å². The summed E-state index contributed by atoms with van der Waals surface area (Å²) in [5, 5.41) is 12.1. The second-order valence-electron chi connectivity index (χ2n) is 5.97. The highest BCUT2D eigenvalue weighted by Gasteiger charge is 2.21. The molecule has 1 aromatic heterocycles. The van der Waals surface area contributed by atoms with Crippen LogP contribution in [0.15, 0.2) is 53.7 Å². The van der Waals surface area contributed by atoms with Crippen molar-refractivity contribution in [2.24, 2.45) is 0 Å². The fraction of sp³-hybridized carbons (Fsp3) is 0.222. The lowest BCUT2D eigenvalue weighted by atomic mass is 10.00. The lowest BCUT2D eigenvalue weighted by Crippen LogP contribution is -2.37. The zero-order chi connectivity index (χ0) is 17.9. The van der Waals surface area contributed by atoms with Crippen molar-refractivity contribution in [2.75, 3.05) is 12.3 Å². The number of benzene rings is 2. The minimum absolute atomic E-state index is 0.0539. The van der Waals surface area contributed by atoms with Crippen LogP contribution in [-0.2, 0) is 17.8 Å². The minimum atomic E-state index is -0.323. The second kappa shape index (κ2) is 7.25. The predicted molar refractivity (Wildman–Crippen MR) is 95.4 cm³/mol. The van der Waals surface area contributed by atoms with Gasteiger partial charge in [-0.3, -0.25) is 4.79 Å². The number of rotatable bonds is 4. The molecule has 0 fully saturated rings. The van der Waals surface area contributed by atoms with Crippen LogP contribution in [-0.4, -0.2) is 43.3 Å². The zero-order valence-electron chi connectivity index (χ0n) is 13.9. The van der Waals surface area contributed by atoms with Crippen molar-refractivity contribution in [1.82, 2.24) is 25.1 Å². The number of amides is 1. The van der Waals surface area contributed by atoms with E-state index < -0.39 is 0 Å². The molecule has 2 aromatic carbocycles. The Morgan fingerprint density at radius 1 is 1.12 bits per heavy atom. The smallest absolute Gasteiger partial charge is 0.233 e. The molecule has 0 saturated heterocycles. The average molecular weight is 369 g/mol. The first-order valence-corrected chi connectivity index (χ1v) is 9.21. The lowest BCUT2D eigenvalue weighted by molar-refractivity contribution is -0.129. The van der Waals surface area contributed by atoms with E-state index in [9.17, 15) is 9.18 Å². The van der Waals surface area contributed by atoms with Gasteiger partial charge < -0.3 is 4.90 Å². The summed E-state index contributed by atoms with van der Waals surface area (Å²) in [5.41, 5.74) is 3.16. The van der Waals surface area contributed by atoms with Crippen LogP contribution in [0.25, 0.3) is 5.69 Å². The van der Waals surface area contributed by atoms with E-state index in [0.29, 0.717) is 17.4 Å². The number of tetrazole rings is 1. The molecule has 2 heterocycles. The summed E-state index contributed by atoms with van der Waals surface area (Å²) in [4.78, 5) is 14.4. The van der Waals surface area contributed by atoms with Crippen molar-refractivity contribution in [3.8, 4) is 5.69 Å². The van der Waals surface area contributed by atoms with Crippen molar-refractivity contribution < 1.29 is 9.18 Å². The lowest BCUT2D eigenvalue weighted by Gasteiger charge is -2.28. The van der Waals surface area contributed by atoms with Crippen LogP contribution in [0.2, 0.25) is 0 Å². The molecule has 1 aliphatic heterocycles. The fourth-order valence-electron chi connectivity index (χ4n) is 2.94. The first kappa shape index (κ1) is 16.7. The van der Waals surface area contributed by atoms with Gasteiger partial charge in [0.25, 0.3) is 0 Å². The van der Waals surface area contributed by atoms with Crippen LogP contribution in [0.1, 0.15) is 11.1 Å². The Morgan fingerprint density at radius 2 is 1.88 bits per heavy atom. The van der Waals surface area contributed by atoms with E-state index in [1.165, 1.54) is 39.7 Å². The van der Waals surface area contributed by atoms with Crippen LogP contribution in [0.3, 0.4) is 0 Å². The number of halogens is 1. The van der Waals surface area contributed by atoms with Gasteiger partial charge in [0.05, 0.1) is 11.4 Å². The molecule has 0 bridgehead atoms. The summed E-state index contributed by atoms with van der Waals surface area (Å²) in [6.07, 6.45) is 0.875. The van der Waals surface area contributed by atoms with Gasteiger partial charge in [0, 0.05) is 13.1 Å². The highest BCUT2D eigenvalue weighted by atomic mass is 32.2. The van der Waals surface area contributed by atoms with Crippen molar-refractivity contribution in [2.45, 2.75) is 18.1 Å². The van der Waals surface area contributed by atoms with Crippen molar-refractivity contribution in [3.05, 3.63) is 65.5 Å². The summed E-state index contributed by atoms with van der Waals surface area (Å²) < 4.78 is 14.6. The molecule has 6 nitrogen and oxygen atoms in total. The number of aromatic nitrogens is 4. The Balaban J connectivity index is 1.41. The van der Waals surface area contributed by atoms with Crippen LogP contribution in [0.4, 0.5) is 4.39 Å². The van der Waals surface area contributed by atoms with E-state index in [4.69, 9.17) is 0 Å². The molecule has 1 amide bonds. The van der Waals surface area contributed by atoms with E-state index in [1.807, 2.05) is 17.0 Å². The molecule has 0 aliphatic carbocycles. The number of fused-ring (bicyclic) bond motifs is 1. The summed E-state index contributed by atoms with van der Waals surface area (Å²) in [6.45, 7) is 1.36. The molecule has 0 atom stereocenters. The van der Waals surface area contributed by atoms with Gasteiger partial charge in [0.2, 0.25) is 11.1 Å². The Kier molecular flexibility index (Phi) is 4.66. The monoisotopic (exact) mass is 369 g/mol. The Labute approximate surface area is 154 Å². The first-order valence-electron chi connectivity index (χ1n) is 8.22. The maximum absolute atomic E-state index is 13.1. The molecule has 0 spiro atoms. The molecule has 26 heavy (non-hydrogen) atoms. The summed E-state index contributed by atoms with van der Waals surface area (Å²) in [5.74, 6) is -0.0151. The summed E-state index contributed by atoms with van der Waals surface area (Å²) >= 11 is 1.28. The van der Waals surface area contributed by atoms with Gasteiger partial charge in [-0.2, -0.15) is 4.68 Å². The van der Waals surface area contributed by atoms with Gasteiger partial charge in [-0.25, -0.2) is 4.39 Å². The molecule has 1 aliphatic rings. The number of thioether (sulfide) groups is 1. The third kappa shape index (κ3) is 3.45. The third-order valence-electron chi connectivity index (χ3n) is 4.32. The van der Waals surface area contributed by atoms with E-state index in [-0.39, 0.29) is 17.5 Å². The molecule has 4 rings (SSSR count). The largest absolute Gasteiger partial charge is 0.337 e. The Hall–Kier alpha value is -2.74. The normalized spacial score (nSPS) is 13.5. The first-order chi connectivity index (χ1) is 12.7. The highest BCUT2D eigenvalue weighted by molar-refractivity contribution is 7.99. The number of hydrogen-bond donors (Lipinski definition) is 0. The van der Waals surface area contributed by atoms with E-state index >= 15 is 0 Å². The predicted octanol–water partition coefficient (Wildman–Crippen LogP) is 2.48. The third-order valence-corrected chi connectivity index (χ3v) is 5.22. The number of hydrogen-bond acceptors (Lipinski definition) is 5. The molecule has 0 radical (unpaired) electrons. The van der Waals surface area contributed by atoms with E-state index in [0.717, 1.165) is 13.0 Å². The van der Waals surface area contributed by atoms with Gasteiger partial charge >= 0.3 is 0 Å². The van der Waals surface area contributed by atoms with Crippen molar-refractivity contribution in [1.29, 1.82) is 0 Å². The maximum Gasteiger partial charge on any atom is 0.233 e. The van der Waals surface area contributed by atoms with Crippen LogP contribution in [0.5, 0.6) is 0 Å². The maximum atomic E-state index is 13.1.